The van der Waals surface area contributed by atoms with Crippen molar-refractivity contribution in [2.75, 3.05) is 0 Å². The molecular weight excluding hydrogens is 552 g/mol. The average molecular weight is 617 g/mol. The Morgan fingerprint density at radius 3 is 1.53 bits per heavy atom. The molecule has 0 aromatic heterocycles. The van der Waals surface area contributed by atoms with Crippen LogP contribution in [0.15, 0.2) is 0 Å². The number of ether oxygens (including phenoxy) is 3. The molecule has 0 aromatic carbocycles. The van der Waals surface area contributed by atoms with Crippen LogP contribution in [-0.4, -0.2) is 75.3 Å². The largest absolute Gasteiger partial charge is 0.481 e. The zero-order chi connectivity index (χ0) is 31.9. The molecule has 1 saturated heterocycles. The third-order valence-electron chi connectivity index (χ3n) is 8.49. The fourth-order valence-corrected chi connectivity index (χ4v) is 5.72. The Balaban J connectivity index is 2.61. The Labute approximate surface area is 261 Å². The summed E-state index contributed by atoms with van der Waals surface area (Å²) in [7, 11) is 0. The van der Waals surface area contributed by atoms with Crippen LogP contribution in [0.5, 0.6) is 0 Å². The lowest BCUT2D eigenvalue weighted by Crippen LogP contribution is -2.58. The summed E-state index contributed by atoms with van der Waals surface area (Å²) in [6, 6.07) is 0. The summed E-state index contributed by atoms with van der Waals surface area (Å²) in [6.45, 7) is 6.00. The molecule has 0 spiro atoms. The molecule has 1 aliphatic rings. The number of carboxylic acids is 1. The number of carbonyl (C=O) groups excluding carboxylic acids is 1. The first-order valence-corrected chi connectivity index (χ1v) is 17.5. The van der Waals surface area contributed by atoms with Crippen LogP contribution in [0.1, 0.15) is 162 Å². The molecule has 254 valence electrons. The predicted molar refractivity (Wildman–Crippen MR) is 168 cm³/mol. The number of aliphatic carboxylic acids is 1. The number of esters is 1. The maximum absolute atomic E-state index is 13.0. The SMILES string of the molecule is CCCCCCCCCCCC(CC(=O)O)OC(=O)CC(CCCCCCCCCCC)O[C@@H]1O[C@@H](C)[C@H](O)[C@@H](O)[C@H]1O. The van der Waals surface area contributed by atoms with Crippen LogP contribution in [0.3, 0.4) is 0 Å². The molecule has 0 amide bonds. The second-order valence-electron chi connectivity index (χ2n) is 12.6. The molecule has 9 nitrogen and oxygen atoms in total. The minimum Gasteiger partial charge on any atom is -0.481 e. The molecule has 1 fully saturated rings. The van der Waals surface area contributed by atoms with Gasteiger partial charge in [0, 0.05) is 0 Å². The van der Waals surface area contributed by atoms with Gasteiger partial charge in [-0.15, -0.1) is 0 Å². The van der Waals surface area contributed by atoms with Gasteiger partial charge in [-0.2, -0.15) is 0 Å². The van der Waals surface area contributed by atoms with Crippen molar-refractivity contribution >= 4 is 11.9 Å². The van der Waals surface area contributed by atoms with E-state index in [9.17, 15) is 30.0 Å². The van der Waals surface area contributed by atoms with Gasteiger partial charge in [0.05, 0.1) is 25.0 Å². The Kier molecular flexibility index (Phi) is 23.1. The summed E-state index contributed by atoms with van der Waals surface area (Å²) >= 11 is 0. The van der Waals surface area contributed by atoms with Gasteiger partial charge in [-0.3, -0.25) is 9.59 Å². The molecule has 43 heavy (non-hydrogen) atoms. The molecule has 4 N–H and O–H groups in total. The van der Waals surface area contributed by atoms with Gasteiger partial charge >= 0.3 is 11.9 Å². The van der Waals surface area contributed by atoms with Gasteiger partial charge in [-0.05, 0) is 26.2 Å². The quantitative estimate of drug-likeness (QED) is 0.0577. The van der Waals surface area contributed by atoms with Gasteiger partial charge in [0.25, 0.3) is 0 Å². The monoisotopic (exact) mass is 616 g/mol. The highest BCUT2D eigenvalue weighted by Crippen LogP contribution is 2.26. The number of aliphatic hydroxyl groups is 3. The number of rotatable bonds is 27. The third-order valence-corrected chi connectivity index (χ3v) is 8.49. The fourth-order valence-electron chi connectivity index (χ4n) is 5.72. The second kappa shape index (κ2) is 25.0. The predicted octanol–water partition coefficient (Wildman–Crippen LogP) is 6.82. The van der Waals surface area contributed by atoms with Gasteiger partial charge in [-0.25, -0.2) is 0 Å². The van der Waals surface area contributed by atoms with Crippen LogP contribution >= 0.6 is 0 Å². The van der Waals surface area contributed by atoms with Crippen LogP contribution in [0, 0.1) is 0 Å². The van der Waals surface area contributed by atoms with Gasteiger partial charge < -0.3 is 34.6 Å². The van der Waals surface area contributed by atoms with Crippen LogP contribution < -0.4 is 0 Å². The van der Waals surface area contributed by atoms with Crippen molar-refractivity contribution in [2.45, 2.75) is 205 Å². The summed E-state index contributed by atoms with van der Waals surface area (Å²) in [4.78, 5) is 24.4. The van der Waals surface area contributed by atoms with Crippen molar-refractivity contribution in [1.82, 2.24) is 0 Å². The van der Waals surface area contributed by atoms with E-state index in [4.69, 9.17) is 14.2 Å². The number of carbonyl (C=O) groups is 2. The fraction of sp³-hybridized carbons (Fsp3) is 0.941. The smallest absolute Gasteiger partial charge is 0.308 e. The number of unbranched alkanes of at least 4 members (excludes halogenated alkanes) is 16. The van der Waals surface area contributed by atoms with E-state index in [0.29, 0.717) is 12.8 Å². The molecule has 0 aliphatic carbocycles. The van der Waals surface area contributed by atoms with Gasteiger partial charge in [0.2, 0.25) is 0 Å². The van der Waals surface area contributed by atoms with E-state index in [2.05, 4.69) is 13.8 Å². The molecular formula is C34H64O9. The maximum atomic E-state index is 13.0. The standard InChI is InChI=1S/C34H64O9/c1-4-6-8-10-12-14-16-18-20-22-27(24-29(35)36)42-30(37)25-28(23-21-19-17-15-13-11-9-7-5-2)43-34-33(40)32(39)31(38)26(3)41-34/h26-28,31-34,38-40H,4-25H2,1-3H3,(H,35,36)/t26-,27?,28?,31-,32+,33+,34-/m0/s1. The van der Waals surface area contributed by atoms with E-state index in [0.717, 1.165) is 38.5 Å². The van der Waals surface area contributed by atoms with Crippen LogP contribution in [0.25, 0.3) is 0 Å². The summed E-state index contributed by atoms with van der Waals surface area (Å²) in [5.74, 6) is -1.54. The minimum absolute atomic E-state index is 0.107. The molecule has 2 unspecified atom stereocenters. The second-order valence-corrected chi connectivity index (χ2v) is 12.6. The van der Waals surface area contributed by atoms with Crippen molar-refractivity contribution < 1.29 is 44.2 Å². The summed E-state index contributed by atoms with van der Waals surface area (Å²) < 4.78 is 17.3. The number of hydrogen-bond acceptors (Lipinski definition) is 8. The van der Waals surface area contributed by atoms with Crippen molar-refractivity contribution in [1.29, 1.82) is 0 Å². The molecule has 0 bridgehead atoms. The Morgan fingerprint density at radius 1 is 0.628 bits per heavy atom. The zero-order valence-corrected chi connectivity index (χ0v) is 27.4. The lowest BCUT2D eigenvalue weighted by atomic mass is 9.99. The molecule has 9 heteroatoms. The number of carboxylic acid groups (broad SMARTS) is 1. The van der Waals surface area contributed by atoms with E-state index < -0.39 is 54.9 Å². The summed E-state index contributed by atoms with van der Waals surface area (Å²) in [6.07, 6.45) is 13.9. The summed E-state index contributed by atoms with van der Waals surface area (Å²) in [5, 5.41) is 40.1. The van der Waals surface area contributed by atoms with E-state index in [1.165, 1.54) is 77.0 Å². The maximum Gasteiger partial charge on any atom is 0.308 e. The first kappa shape index (κ1) is 39.8. The Morgan fingerprint density at radius 2 is 1.07 bits per heavy atom. The highest BCUT2D eigenvalue weighted by Gasteiger charge is 2.43. The number of aliphatic hydroxyl groups excluding tert-OH is 3. The lowest BCUT2D eigenvalue weighted by Gasteiger charge is -2.40. The molecule has 1 rings (SSSR count). The molecule has 0 radical (unpaired) electrons. The molecule has 1 heterocycles. The van der Waals surface area contributed by atoms with E-state index in [1.807, 2.05) is 0 Å². The highest BCUT2D eigenvalue weighted by atomic mass is 16.7. The van der Waals surface area contributed by atoms with E-state index in [-0.39, 0.29) is 12.8 Å². The third kappa shape index (κ3) is 19.0. The lowest BCUT2D eigenvalue weighted by molar-refractivity contribution is -0.304. The topological polar surface area (TPSA) is 143 Å². The van der Waals surface area contributed by atoms with E-state index >= 15 is 0 Å². The first-order chi connectivity index (χ1) is 20.7. The highest BCUT2D eigenvalue weighted by molar-refractivity contribution is 5.72. The van der Waals surface area contributed by atoms with Crippen molar-refractivity contribution in [3.05, 3.63) is 0 Å². The summed E-state index contributed by atoms with van der Waals surface area (Å²) in [5.41, 5.74) is 0. The van der Waals surface area contributed by atoms with Gasteiger partial charge in [0.1, 0.15) is 24.4 Å². The van der Waals surface area contributed by atoms with Crippen molar-refractivity contribution in [3.63, 3.8) is 0 Å². The van der Waals surface area contributed by atoms with Crippen LogP contribution in [-0.2, 0) is 23.8 Å². The first-order valence-electron chi connectivity index (χ1n) is 17.5. The van der Waals surface area contributed by atoms with Crippen LogP contribution in [0.2, 0.25) is 0 Å². The van der Waals surface area contributed by atoms with Gasteiger partial charge in [0.15, 0.2) is 6.29 Å². The average Bonchev–Trinajstić information content (AvgIpc) is 2.96. The van der Waals surface area contributed by atoms with Gasteiger partial charge in [-0.1, -0.05) is 123 Å². The normalized spacial score (nSPS) is 23.6. The number of hydrogen-bond donors (Lipinski definition) is 4. The minimum atomic E-state index is -1.46. The van der Waals surface area contributed by atoms with Crippen molar-refractivity contribution in [2.24, 2.45) is 0 Å². The Bertz CT molecular complexity index is 703. The van der Waals surface area contributed by atoms with E-state index in [1.54, 1.807) is 6.92 Å². The Hall–Kier alpha value is -1.26. The molecule has 7 atom stereocenters. The zero-order valence-electron chi connectivity index (χ0n) is 27.4. The molecule has 1 aliphatic heterocycles. The molecule has 0 aromatic rings. The van der Waals surface area contributed by atoms with Crippen LogP contribution in [0.4, 0.5) is 0 Å². The molecule has 0 saturated carbocycles. The van der Waals surface area contributed by atoms with Crippen molar-refractivity contribution in [3.8, 4) is 0 Å².